The van der Waals surface area contributed by atoms with Gasteiger partial charge in [-0.25, -0.2) is 4.98 Å². The highest BCUT2D eigenvalue weighted by Gasteiger charge is 2.03. The van der Waals surface area contributed by atoms with Gasteiger partial charge in [-0.15, -0.1) is 0 Å². The molecule has 1 heterocycles. The highest BCUT2D eigenvalue weighted by Crippen LogP contribution is 2.20. The van der Waals surface area contributed by atoms with Crippen molar-refractivity contribution >= 4 is 40.2 Å². The summed E-state index contributed by atoms with van der Waals surface area (Å²) >= 11 is 7.17. The summed E-state index contributed by atoms with van der Waals surface area (Å²) in [6, 6.07) is 14.6. The number of nitrogens with one attached hydrogen (secondary N) is 1. The Hall–Kier alpha value is -2.04. The molecule has 0 aliphatic carbocycles. The predicted octanol–water partition coefficient (Wildman–Crippen LogP) is 4.71. The lowest BCUT2D eigenvalue weighted by Gasteiger charge is -1.95. The lowest BCUT2D eigenvalue weighted by atomic mass is 10.1. The Kier molecular flexibility index (Phi) is 4.08. The summed E-state index contributed by atoms with van der Waals surface area (Å²) in [5.41, 5.74) is 2.51. The number of para-hydroxylation sites is 2. The van der Waals surface area contributed by atoms with Crippen molar-refractivity contribution in [3.8, 4) is 0 Å². The first-order valence-electron chi connectivity index (χ1n) is 6.30. The minimum absolute atomic E-state index is 0.0599. The lowest BCUT2D eigenvalue weighted by Crippen LogP contribution is -1.92. The summed E-state index contributed by atoms with van der Waals surface area (Å²) in [4.78, 5) is 19.6. The van der Waals surface area contributed by atoms with E-state index < -0.39 is 0 Å². The number of aromatic amines is 1. The quantitative estimate of drug-likeness (QED) is 0.431. The van der Waals surface area contributed by atoms with E-state index in [2.05, 4.69) is 9.97 Å². The van der Waals surface area contributed by atoms with Crippen molar-refractivity contribution in [2.24, 2.45) is 0 Å². The van der Waals surface area contributed by atoms with Crippen molar-refractivity contribution in [2.45, 2.75) is 5.16 Å². The third-order valence-corrected chi connectivity index (χ3v) is 3.84. The van der Waals surface area contributed by atoms with E-state index in [0.29, 0.717) is 10.6 Å². The number of nitrogens with zero attached hydrogens (tertiary/aromatic N) is 1. The molecule has 0 fully saturated rings. The maximum Gasteiger partial charge on any atom is 0.186 e. The average Bonchev–Trinajstić information content (AvgIpc) is 2.90. The predicted molar refractivity (Wildman–Crippen MR) is 86.9 cm³/mol. The van der Waals surface area contributed by atoms with E-state index >= 15 is 0 Å². The molecule has 0 bridgehead atoms. The summed E-state index contributed by atoms with van der Waals surface area (Å²) in [6.07, 6.45) is 1.53. The molecule has 1 aromatic heterocycles. The van der Waals surface area contributed by atoms with Crippen LogP contribution in [-0.4, -0.2) is 15.8 Å². The van der Waals surface area contributed by atoms with E-state index in [4.69, 9.17) is 11.6 Å². The topological polar surface area (TPSA) is 45.8 Å². The molecule has 3 rings (SSSR count). The molecule has 3 nitrogen and oxygen atoms in total. The Bertz CT molecular complexity index is 776. The molecule has 0 atom stereocenters. The largest absolute Gasteiger partial charge is 0.333 e. The summed E-state index contributed by atoms with van der Waals surface area (Å²) in [6.45, 7) is 0. The van der Waals surface area contributed by atoms with Crippen LogP contribution in [-0.2, 0) is 0 Å². The van der Waals surface area contributed by atoms with Gasteiger partial charge in [0.2, 0.25) is 0 Å². The van der Waals surface area contributed by atoms with Crippen molar-refractivity contribution in [2.75, 3.05) is 0 Å². The van der Waals surface area contributed by atoms with Crippen LogP contribution in [0.2, 0.25) is 5.02 Å². The molecule has 0 saturated carbocycles. The van der Waals surface area contributed by atoms with Crippen molar-refractivity contribution in [1.29, 1.82) is 0 Å². The molecule has 0 aliphatic rings. The van der Waals surface area contributed by atoms with Crippen molar-refractivity contribution in [1.82, 2.24) is 9.97 Å². The zero-order chi connectivity index (χ0) is 14.7. The number of carbonyl (C=O) groups is 1. The van der Waals surface area contributed by atoms with Gasteiger partial charge in [0.05, 0.1) is 11.0 Å². The zero-order valence-electron chi connectivity index (χ0n) is 10.9. The van der Waals surface area contributed by atoms with Crippen LogP contribution in [0.1, 0.15) is 10.4 Å². The Morgan fingerprint density at radius 1 is 1.14 bits per heavy atom. The van der Waals surface area contributed by atoms with Crippen LogP contribution in [0.25, 0.3) is 11.0 Å². The van der Waals surface area contributed by atoms with Gasteiger partial charge in [0.15, 0.2) is 10.9 Å². The number of benzene rings is 2. The molecule has 0 saturated heterocycles. The third-order valence-electron chi connectivity index (χ3n) is 2.90. The number of allylic oxidation sites excluding steroid dienone is 1. The smallest absolute Gasteiger partial charge is 0.186 e. The number of imidazole rings is 1. The molecule has 0 unspecified atom stereocenters. The second-order valence-electron chi connectivity index (χ2n) is 4.35. The van der Waals surface area contributed by atoms with Crippen molar-refractivity contribution in [3.05, 3.63) is 70.6 Å². The molecule has 104 valence electrons. The SMILES string of the molecule is O=C(C=CSc1nc2ccccc2[nH]1)c1ccc(Cl)cc1. The second-order valence-corrected chi connectivity index (χ2v) is 5.68. The van der Waals surface area contributed by atoms with Gasteiger partial charge in [0, 0.05) is 10.6 Å². The molecule has 0 spiro atoms. The number of ketones is 1. The normalized spacial score (nSPS) is 11.3. The number of rotatable bonds is 4. The summed E-state index contributed by atoms with van der Waals surface area (Å²) in [5.74, 6) is -0.0599. The number of aromatic nitrogens is 2. The average molecular weight is 315 g/mol. The molecule has 5 heteroatoms. The molecular weight excluding hydrogens is 304 g/mol. The first-order valence-corrected chi connectivity index (χ1v) is 7.56. The van der Waals surface area contributed by atoms with E-state index in [9.17, 15) is 4.79 Å². The van der Waals surface area contributed by atoms with E-state index in [1.807, 2.05) is 24.3 Å². The number of carbonyl (C=O) groups excluding carboxylic acids is 1. The van der Waals surface area contributed by atoms with E-state index in [1.165, 1.54) is 17.8 Å². The van der Waals surface area contributed by atoms with Crippen molar-refractivity contribution < 1.29 is 4.79 Å². The minimum atomic E-state index is -0.0599. The van der Waals surface area contributed by atoms with Crippen LogP contribution in [0.3, 0.4) is 0 Å². The summed E-state index contributed by atoms with van der Waals surface area (Å²) < 4.78 is 0. The molecule has 0 aliphatic heterocycles. The fraction of sp³-hybridized carbons (Fsp3) is 0. The highest BCUT2D eigenvalue weighted by molar-refractivity contribution is 8.02. The van der Waals surface area contributed by atoms with Gasteiger partial charge in [-0.05, 0) is 47.9 Å². The fourth-order valence-corrected chi connectivity index (χ4v) is 2.62. The van der Waals surface area contributed by atoms with Crippen LogP contribution >= 0.6 is 23.4 Å². The highest BCUT2D eigenvalue weighted by atomic mass is 35.5. The van der Waals surface area contributed by atoms with Gasteiger partial charge in [-0.3, -0.25) is 4.79 Å². The number of fused-ring (bicyclic) bond motifs is 1. The second kappa shape index (κ2) is 6.16. The molecule has 2 aromatic carbocycles. The number of H-pyrrole nitrogens is 1. The maximum atomic E-state index is 11.9. The third kappa shape index (κ3) is 3.35. The van der Waals surface area contributed by atoms with E-state index in [0.717, 1.165) is 16.2 Å². The minimum Gasteiger partial charge on any atom is -0.333 e. The van der Waals surface area contributed by atoms with E-state index in [1.54, 1.807) is 29.7 Å². The molecule has 3 aromatic rings. The number of hydrogen-bond donors (Lipinski definition) is 1. The Balaban J connectivity index is 1.68. The van der Waals surface area contributed by atoms with Crippen LogP contribution in [0.15, 0.2) is 65.2 Å². The molecule has 21 heavy (non-hydrogen) atoms. The summed E-state index contributed by atoms with van der Waals surface area (Å²) in [7, 11) is 0. The number of thioether (sulfide) groups is 1. The van der Waals surface area contributed by atoms with Crippen LogP contribution in [0, 0.1) is 0 Å². The maximum absolute atomic E-state index is 11.9. The molecule has 0 amide bonds. The Labute approximate surface area is 131 Å². The Morgan fingerprint density at radius 3 is 2.67 bits per heavy atom. The summed E-state index contributed by atoms with van der Waals surface area (Å²) in [5, 5.41) is 3.11. The van der Waals surface area contributed by atoms with E-state index in [-0.39, 0.29) is 5.78 Å². The number of hydrogen-bond acceptors (Lipinski definition) is 3. The Morgan fingerprint density at radius 2 is 1.90 bits per heavy atom. The monoisotopic (exact) mass is 314 g/mol. The van der Waals surface area contributed by atoms with Gasteiger partial charge in [-0.2, -0.15) is 0 Å². The lowest BCUT2D eigenvalue weighted by molar-refractivity contribution is 0.104. The first kappa shape index (κ1) is 13.9. The van der Waals surface area contributed by atoms with Crippen LogP contribution in [0.4, 0.5) is 0 Å². The molecular formula is C16H11ClN2OS. The van der Waals surface area contributed by atoms with Gasteiger partial charge in [0.1, 0.15) is 0 Å². The standard InChI is InChI=1S/C16H11ClN2OS/c17-12-7-5-11(6-8-12)15(20)9-10-21-16-18-13-3-1-2-4-14(13)19-16/h1-10H,(H,18,19). The van der Waals surface area contributed by atoms with Gasteiger partial charge in [-0.1, -0.05) is 35.5 Å². The molecule has 0 radical (unpaired) electrons. The first-order chi connectivity index (χ1) is 10.2. The number of halogens is 1. The van der Waals surface area contributed by atoms with Gasteiger partial charge in [0.25, 0.3) is 0 Å². The fourth-order valence-electron chi connectivity index (χ4n) is 1.86. The van der Waals surface area contributed by atoms with Gasteiger partial charge < -0.3 is 4.98 Å². The van der Waals surface area contributed by atoms with Gasteiger partial charge >= 0.3 is 0 Å². The van der Waals surface area contributed by atoms with Crippen molar-refractivity contribution in [3.63, 3.8) is 0 Å². The van der Waals surface area contributed by atoms with Crippen LogP contribution < -0.4 is 0 Å². The molecule has 1 N–H and O–H groups in total. The van der Waals surface area contributed by atoms with Crippen LogP contribution in [0.5, 0.6) is 0 Å². The zero-order valence-corrected chi connectivity index (χ0v) is 12.5.